The first-order valence-corrected chi connectivity index (χ1v) is 6.95. The smallest absolute Gasteiger partial charge is 0.128 e. The highest BCUT2D eigenvalue weighted by Crippen LogP contribution is 2.18. The summed E-state index contributed by atoms with van der Waals surface area (Å²) >= 11 is 0. The van der Waals surface area contributed by atoms with E-state index in [4.69, 9.17) is 0 Å². The van der Waals surface area contributed by atoms with Crippen molar-refractivity contribution in [1.29, 1.82) is 0 Å². The van der Waals surface area contributed by atoms with Gasteiger partial charge in [0.1, 0.15) is 5.82 Å². The van der Waals surface area contributed by atoms with Crippen LogP contribution in [0.2, 0.25) is 0 Å². The van der Waals surface area contributed by atoms with E-state index in [2.05, 4.69) is 24.1 Å². The third-order valence-electron chi connectivity index (χ3n) is 3.42. The van der Waals surface area contributed by atoms with Crippen LogP contribution in [-0.2, 0) is 0 Å². The first kappa shape index (κ1) is 16.1. The van der Waals surface area contributed by atoms with Gasteiger partial charge in [0.2, 0.25) is 0 Å². The van der Waals surface area contributed by atoms with Gasteiger partial charge in [-0.1, -0.05) is 31.5 Å². The molecule has 4 heteroatoms. The number of nitrogens with one attached hydrogen (secondary N) is 1. The van der Waals surface area contributed by atoms with Gasteiger partial charge in [0.15, 0.2) is 0 Å². The summed E-state index contributed by atoms with van der Waals surface area (Å²) in [5.41, 5.74) is 1.54. The van der Waals surface area contributed by atoms with Crippen LogP contribution in [0.4, 0.5) is 4.39 Å². The van der Waals surface area contributed by atoms with Crippen LogP contribution in [0.3, 0.4) is 0 Å². The summed E-state index contributed by atoms with van der Waals surface area (Å²) in [5.74, 6) is -0.264. The Bertz CT molecular complexity index is 380. The number of halogens is 1. The fourth-order valence-corrected chi connectivity index (χ4v) is 2.14. The molecule has 1 unspecified atom stereocenters. The van der Waals surface area contributed by atoms with Crippen LogP contribution in [-0.4, -0.2) is 42.8 Å². The molecule has 0 bridgehead atoms. The molecule has 1 aromatic carbocycles. The first-order chi connectivity index (χ1) is 9.12. The fraction of sp³-hybridized carbons (Fsp3) is 0.600. The molecule has 0 aromatic heterocycles. The minimum absolute atomic E-state index is 0.0986. The molecule has 1 rings (SSSR count). The van der Waals surface area contributed by atoms with Crippen LogP contribution in [0.1, 0.15) is 31.0 Å². The lowest BCUT2D eigenvalue weighted by Gasteiger charge is -2.22. The van der Waals surface area contributed by atoms with Gasteiger partial charge in [0.05, 0.1) is 12.6 Å². The average Bonchev–Trinajstić information content (AvgIpc) is 2.42. The molecular weight excluding hydrogens is 243 g/mol. The third-order valence-corrected chi connectivity index (χ3v) is 3.42. The molecule has 1 aromatic rings. The van der Waals surface area contributed by atoms with Gasteiger partial charge in [-0.25, -0.2) is 4.39 Å². The zero-order chi connectivity index (χ0) is 14.3. The van der Waals surface area contributed by atoms with E-state index in [1.165, 1.54) is 6.07 Å². The molecule has 0 spiro atoms. The fourth-order valence-electron chi connectivity index (χ4n) is 2.14. The van der Waals surface area contributed by atoms with E-state index in [9.17, 15) is 9.50 Å². The van der Waals surface area contributed by atoms with Crippen molar-refractivity contribution in [2.75, 3.05) is 32.8 Å². The second-order valence-electron chi connectivity index (χ2n) is 4.74. The van der Waals surface area contributed by atoms with Gasteiger partial charge in [-0.15, -0.1) is 0 Å². The van der Waals surface area contributed by atoms with Gasteiger partial charge in [-0.3, -0.25) is 0 Å². The molecular formula is C15H25FN2O. The topological polar surface area (TPSA) is 35.5 Å². The van der Waals surface area contributed by atoms with Gasteiger partial charge >= 0.3 is 0 Å². The molecule has 0 aliphatic rings. The number of nitrogens with zero attached hydrogens (tertiary/aromatic N) is 1. The lowest BCUT2D eigenvalue weighted by Crippen LogP contribution is -2.35. The highest BCUT2D eigenvalue weighted by Gasteiger charge is 2.14. The molecule has 0 saturated carbocycles. The highest BCUT2D eigenvalue weighted by atomic mass is 19.1. The van der Waals surface area contributed by atoms with E-state index in [-0.39, 0.29) is 18.5 Å². The Hall–Kier alpha value is -0.970. The van der Waals surface area contributed by atoms with Crippen molar-refractivity contribution in [3.8, 4) is 0 Å². The molecule has 108 valence electrons. The molecule has 3 nitrogen and oxygen atoms in total. The lowest BCUT2D eigenvalue weighted by atomic mass is 10.0. The Morgan fingerprint density at radius 1 is 1.32 bits per heavy atom. The van der Waals surface area contributed by atoms with Crippen LogP contribution in [0.15, 0.2) is 18.2 Å². The maximum absolute atomic E-state index is 13.8. The van der Waals surface area contributed by atoms with E-state index >= 15 is 0 Å². The predicted octanol–water partition coefficient (Wildman–Crippen LogP) is 2.10. The minimum atomic E-state index is -0.338. The summed E-state index contributed by atoms with van der Waals surface area (Å²) in [4.78, 5) is 2.29. The average molecular weight is 268 g/mol. The Kier molecular flexibility index (Phi) is 6.99. The van der Waals surface area contributed by atoms with Crippen molar-refractivity contribution >= 4 is 0 Å². The van der Waals surface area contributed by atoms with E-state index in [0.717, 1.165) is 31.7 Å². The normalized spacial score (nSPS) is 12.9. The number of likely N-dealkylation sites (N-methyl/N-ethyl adjacent to an activating group) is 1. The van der Waals surface area contributed by atoms with E-state index in [1.54, 1.807) is 12.1 Å². The van der Waals surface area contributed by atoms with Gasteiger partial charge < -0.3 is 15.3 Å². The third kappa shape index (κ3) is 4.90. The summed E-state index contributed by atoms with van der Waals surface area (Å²) < 4.78 is 13.8. The Balaban J connectivity index is 2.60. The molecule has 19 heavy (non-hydrogen) atoms. The van der Waals surface area contributed by atoms with Crippen molar-refractivity contribution in [2.45, 2.75) is 26.8 Å². The summed E-state index contributed by atoms with van der Waals surface area (Å²) in [6, 6.07) is 4.65. The van der Waals surface area contributed by atoms with Crippen molar-refractivity contribution in [3.63, 3.8) is 0 Å². The molecule has 1 atom stereocenters. The summed E-state index contributed by atoms with van der Waals surface area (Å²) in [6.45, 7) is 9.70. The number of hydrogen-bond acceptors (Lipinski definition) is 3. The van der Waals surface area contributed by atoms with Crippen molar-refractivity contribution in [3.05, 3.63) is 35.1 Å². The molecule has 0 amide bonds. The Morgan fingerprint density at radius 2 is 2.00 bits per heavy atom. The molecule has 0 radical (unpaired) electrons. The SMILES string of the molecule is CCN(CC)CCNC(CO)c1cc(C)ccc1F. The first-order valence-electron chi connectivity index (χ1n) is 6.95. The molecule has 0 aliphatic carbocycles. The van der Waals surface area contributed by atoms with Crippen LogP contribution in [0.5, 0.6) is 0 Å². The van der Waals surface area contributed by atoms with Crippen molar-refractivity contribution < 1.29 is 9.50 Å². The molecule has 2 N–H and O–H groups in total. The summed E-state index contributed by atoms with van der Waals surface area (Å²) in [6.07, 6.45) is 0. The van der Waals surface area contributed by atoms with Gasteiger partial charge in [-0.2, -0.15) is 0 Å². The molecule has 0 heterocycles. The van der Waals surface area contributed by atoms with E-state index < -0.39 is 0 Å². The maximum atomic E-state index is 13.8. The Labute approximate surface area is 115 Å². The van der Waals surface area contributed by atoms with E-state index in [1.807, 2.05) is 6.92 Å². The van der Waals surface area contributed by atoms with Crippen LogP contribution < -0.4 is 5.32 Å². The number of aliphatic hydroxyl groups is 1. The predicted molar refractivity (Wildman–Crippen MR) is 76.8 cm³/mol. The largest absolute Gasteiger partial charge is 0.394 e. The Morgan fingerprint density at radius 3 is 2.58 bits per heavy atom. The number of rotatable bonds is 8. The minimum Gasteiger partial charge on any atom is -0.394 e. The number of benzene rings is 1. The quantitative estimate of drug-likeness (QED) is 0.758. The number of hydrogen-bond donors (Lipinski definition) is 2. The van der Waals surface area contributed by atoms with Crippen molar-refractivity contribution in [2.24, 2.45) is 0 Å². The van der Waals surface area contributed by atoms with Crippen molar-refractivity contribution in [1.82, 2.24) is 10.2 Å². The number of aryl methyl sites for hydroxylation is 1. The lowest BCUT2D eigenvalue weighted by molar-refractivity contribution is 0.231. The van der Waals surface area contributed by atoms with Gasteiger partial charge in [-0.05, 0) is 26.1 Å². The van der Waals surface area contributed by atoms with Crippen LogP contribution in [0.25, 0.3) is 0 Å². The molecule has 0 aliphatic heterocycles. The standard InChI is InChI=1S/C15H25FN2O/c1-4-18(5-2)9-8-17-15(11-19)13-10-12(3)6-7-14(13)16/h6-7,10,15,17,19H,4-5,8-9,11H2,1-3H3. The maximum Gasteiger partial charge on any atom is 0.128 e. The zero-order valence-electron chi connectivity index (χ0n) is 12.1. The molecule has 0 fully saturated rings. The van der Waals surface area contributed by atoms with Crippen LogP contribution in [0, 0.1) is 12.7 Å². The summed E-state index contributed by atoms with van der Waals surface area (Å²) in [5, 5.41) is 12.7. The second kappa shape index (κ2) is 8.25. The zero-order valence-corrected chi connectivity index (χ0v) is 12.1. The summed E-state index contributed by atoms with van der Waals surface area (Å²) in [7, 11) is 0. The van der Waals surface area contributed by atoms with E-state index in [0.29, 0.717) is 5.56 Å². The van der Waals surface area contributed by atoms with Gasteiger partial charge in [0.25, 0.3) is 0 Å². The van der Waals surface area contributed by atoms with Gasteiger partial charge in [0, 0.05) is 18.7 Å². The number of aliphatic hydroxyl groups excluding tert-OH is 1. The second-order valence-corrected chi connectivity index (χ2v) is 4.74. The monoisotopic (exact) mass is 268 g/mol. The highest BCUT2D eigenvalue weighted by molar-refractivity contribution is 5.27. The molecule has 0 saturated heterocycles. The van der Waals surface area contributed by atoms with Crippen LogP contribution >= 0.6 is 0 Å².